The molecule has 3 aromatic rings. The smallest absolute Gasteiger partial charge is 0.262 e. The fraction of sp³-hybridized carbons (Fsp3) is 0.185. The molecule has 0 unspecified atom stereocenters. The number of hydrogen-bond donors (Lipinski definition) is 1. The Hall–Kier alpha value is -4.05. The number of amidine groups is 1. The van der Waals surface area contributed by atoms with Crippen LogP contribution in [-0.2, 0) is 9.59 Å². The van der Waals surface area contributed by atoms with Gasteiger partial charge >= 0.3 is 0 Å². The average molecular weight is 521 g/mol. The Kier molecular flexibility index (Phi) is 7.00. The molecule has 0 aliphatic carbocycles. The lowest BCUT2D eigenvalue weighted by atomic mass is 9.98. The number of carbonyl (C=O) groups excluding carboxylic acids is 2. The molecule has 5 rings (SSSR count). The van der Waals surface area contributed by atoms with Gasteiger partial charge < -0.3 is 10.1 Å². The molecule has 2 heterocycles. The number of para-hydroxylation sites is 1. The number of thioether (sulfide) groups is 1. The van der Waals surface area contributed by atoms with Gasteiger partial charge in [0.15, 0.2) is 5.17 Å². The van der Waals surface area contributed by atoms with Crippen LogP contribution in [0.15, 0.2) is 82.9 Å². The highest BCUT2D eigenvalue weighted by molar-refractivity contribution is 8.15. The van der Waals surface area contributed by atoms with Crippen molar-refractivity contribution in [1.29, 1.82) is 0 Å². The van der Waals surface area contributed by atoms with Crippen molar-refractivity contribution < 1.29 is 23.1 Å². The van der Waals surface area contributed by atoms with Gasteiger partial charge in [-0.1, -0.05) is 48.2 Å². The molecule has 7 nitrogen and oxygen atoms in total. The number of hydrogen-bond acceptors (Lipinski definition) is 6. The van der Waals surface area contributed by atoms with Gasteiger partial charge in [-0.3, -0.25) is 9.59 Å². The van der Waals surface area contributed by atoms with Crippen LogP contribution < -0.4 is 10.1 Å². The Balaban J connectivity index is 1.36. The number of amides is 2. The number of aliphatic imine (C=N–C) groups is 1. The number of rotatable bonds is 6. The fourth-order valence-corrected chi connectivity index (χ4v) is 5.19. The van der Waals surface area contributed by atoms with Crippen molar-refractivity contribution in [1.82, 2.24) is 5.01 Å². The molecule has 37 heavy (non-hydrogen) atoms. The molecule has 0 saturated heterocycles. The highest BCUT2D eigenvalue weighted by Gasteiger charge is 2.39. The average Bonchev–Trinajstić information content (AvgIpc) is 3.50. The third kappa shape index (κ3) is 5.39. The molecule has 3 aromatic carbocycles. The number of halogens is 2. The van der Waals surface area contributed by atoms with Gasteiger partial charge in [-0.15, -0.1) is 0 Å². The molecule has 2 aliphatic heterocycles. The molecule has 2 atom stereocenters. The van der Waals surface area contributed by atoms with Gasteiger partial charge in [-0.05, 0) is 47.5 Å². The lowest BCUT2D eigenvalue weighted by Crippen LogP contribution is -2.25. The maximum absolute atomic E-state index is 13.9. The number of hydrazone groups is 1. The van der Waals surface area contributed by atoms with Gasteiger partial charge in [0.25, 0.3) is 5.91 Å². The van der Waals surface area contributed by atoms with E-state index in [9.17, 15) is 18.4 Å². The third-order valence-corrected chi connectivity index (χ3v) is 7.17. The van der Waals surface area contributed by atoms with E-state index in [0.29, 0.717) is 17.3 Å². The zero-order chi connectivity index (χ0) is 25.9. The highest BCUT2D eigenvalue weighted by atomic mass is 32.2. The number of nitrogens with one attached hydrogen (secondary N) is 1. The zero-order valence-corrected chi connectivity index (χ0v) is 20.5. The molecule has 2 amide bonds. The molecule has 0 spiro atoms. The number of ether oxygens (including phenoxy) is 1. The Morgan fingerprint density at radius 1 is 1.08 bits per heavy atom. The van der Waals surface area contributed by atoms with Crippen molar-refractivity contribution >= 4 is 40.1 Å². The predicted octanol–water partition coefficient (Wildman–Crippen LogP) is 5.15. The predicted molar refractivity (Wildman–Crippen MR) is 139 cm³/mol. The van der Waals surface area contributed by atoms with Gasteiger partial charge in [0.1, 0.15) is 22.6 Å². The first kappa shape index (κ1) is 24.6. The van der Waals surface area contributed by atoms with Gasteiger partial charge in [-0.2, -0.15) is 10.1 Å². The van der Waals surface area contributed by atoms with Crippen LogP contribution in [0.2, 0.25) is 0 Å². The molecule has 0 fully saturated rings. The van der Waals surface area contributed by atoms with Crippen molar-refractivity contribution in [3.63, 3.8) is 0 Å². The normalized spacial score (nSPS) is 19.0. The summed E-state index contributed by atoms with van der Waals surface area (Å²) in [4.78, 5) is 29.4. The number of nitrogens with zero attached hydrogens (tertiary/aromatic N) is 3. The van der Waals surface area contributed by atoms with Crippen LogP contribution in [0.3, 0.4) is 0 Å². The van der Waals surface area contributed by atoms with Gasteiger partial charge in [-0.25, -0.2) is 13.8 Å². The second kappa shape index (κ2) is 10.5. The van der Waals surface area contributed by atoms with E-state index in [2.05, 4.69) is 10.3 Å². The monoisotopic (exact) mass is 520 g/mol. The van der Waals surface area contributed by atoms with Crippen LogP contribution in [0, 0.1) is 11.6 Å². The van der Waals surface area contributed by atoms with Crippen molar-refractivity contribution in [2.45, 2.75) is 24.1 Å². The van der Waals surface area contributed by atoms with Crippen LogP contribution >= 0.6 is 11.8 Å². The summed E-state index contributed by atoms with van der Waals surface area (Å²) in [5.41, 5.74) is 2.46. The summed E-state index contributed by atoms with van der Waals surface area (Å²) in [7, 11) is 1.59. The molecule has 1 N–H and O–H groups in total. The Bertz CT molecular complexity index is 1390. The maximum Gasteiger partial charge on any atom is 0.262 e. The quantitative estimate of drug-likeness (QED) is 0.486. The lowest BCUT2D eigenvalue weighted by Gasteiger charge is -2.23. The zero-order valence-electron chi connectivity index (χ0n) is 19.7. The summed E-state index contributed by atoms with van der Waals surface area (Å²) < 4.78 is 32.6. The molecule has 0 bridgehead atoms. The SMILES string of the molecule is COc1ccc([C@H]2CC(c3ccc(F)cc3)=NN2C2=NC(=O)[C@H](CC(=O)Nc3ccccc3F)S2)cc1. The van der Waals surface area contributed by atoms with Crippen LogP contribution in [0.5, 0.6) is 5.75 Å². The molecule has 0 radical (unpaired) electrons. The number of methoxy groups -OCH3 is 1. The Morgan fingerprint density at radius 2 is 1.81 bits per heavy atom. The Labute approximate surface area is 216 Å². The van der Waals surface area contributed by atoms with E-state index in [-0.39, 0.29) is 24.0 Å². The molecule has 2 aliphatic rings. The van der Waals surface area contributed by atoms with E-state index in [0.717, 1.165) is 28.6 Å². The van der Waals surface area contributed by atoms with E-state index < -0.39 is 22.9 Å². The van der Waals surface area contributed by atoms with E-state index in [1.807, 2.05) is 24.3 Å². The lowest BCUT2D eigenvalue weighted by molar-refractivity contribution is -0.121. The van der Waals surface area contributed by atoms with Crippen LogP contribution in [0.4, 0.5) is 14.5 Å². The van der Waals surface area contributed by atoms with Crippen molar-refractivity contribution in [2.75, 3.05) is 12.4 Å². The highest BCUT2D eigenvalue weighted by Crippen LogP contribution is 2.39. The number of benzene rings is 3. The Morgan fingerprint density at radius 3 is 2.51 bits per heavy atom. The van der Waals surface area contributed by atoms with Gasteiger partial charge in [0.2, 0.25) is 5.91 Å². The molecule has 0 saturated carbocycles. The van der Waals surface area contributed by atoms with E-state index in [4.69, 9.17) is 9.84 Å². The van der Waals surface area contributed by atoms with Crippen molar-refractivity contribution in [3.05, 3.63) is 95.6 Å². The topological polar surface area (TPSA) is 83.4 Å². The van der Waals surface area contributed by atoms with E-state index >= 15 is 0 Å². The van der Waals surface area contributed by atoms with E-state index in [1.54, 1.807) is 30.3 Å². The first-order valence-electron chi connectivity index (χ1n) is 11.5. The molecular weight excluding hydrogens is 498 g/mol. The van der Waals surface area contributed by atoms with Gasteiger partial charge in [0, 0.05) is 12.8 Å². The minimum absolute atomic E-state index is 0.0525. The minimum atomic E-state index is -0.761. The second-order valence-corrected chi connectivity index (χ2v) is 9.63. The van der Waals surface area contributed by atoms with Crippen molar-refractivity contribution in [3.8, 4) is 5.75 Å². The third-order valence-electron chi connectivity index (χ3n) is 6.03. The van der Waals surface area contributed by atoms with Crippen LogP contribution in [-0.4, -0.2) is 40.1 Å². The summed E-state index contributed by atoms with van der Waals surface area (Å²) in [5, 5.41) is 8.53. The summed E-state index contributed by atoms with van der Waals surface area (Å²) >= 11 is 1.14. The second-order valence-electron chi connectivity index (χ2n) is 8.46. The van der Waals surface area contributed by atoms with Crippen molar-refractivity contribution in [2.24, 2.45) is 10.1 Å². The summed E-state index contributed by atoms with van der Waals surface area (Å²) in [6.45, 7) is 0. The number of carbonyl (C=O) groups is 2. The number of anilines is 1. The van der Waals surface area contributed by atoms with Crippen LogP contribution in [0.25, 0.3) is 0 Å². The first-order valence-corrected chi connectivity index (χ1v) is 12.4. The van der Waals surface area contributed by atoms with Gasteiger partial charge in [0.05, 0.1) is 24.6 Å². The molecule has 10 heteroatoms. The molecule has 0 aromatic heterocycles. The molecular formula is C27H22F2N4O3S. The van der Waals surface area contributed by atoms with Crippen LogP contribution in [0.1, 0.15) is 30.0 Å². The molecule has 188 valence electrons. The summed E-state index contributed by atoms with van der Waals surface area (Å²) in [6, 6.07) is 19.2. The standard InChI is InChI=1S/C27H22F2N4O3S/c1-36-19-12-8-17(9-13-19)23-14-22(16-6-10-18(28)11-7-16)32-33(23)27-31-26(35)24(37-27)15-25(34)30-21-5-3-2-4-20(21)29/h2-13,23-24H,14-15H2,1H3,(H,30,34)/t23-,24+/m1/s1. The fourth-order valence-electron chi connectivity index (χ4n) is 4.13. The largest absolute Gasteiger partial charge is 0.497 e. The summed E-state index contributed by atoms with van der Waals surface area (Å²) in [6.07, 6.45) is 0.338. The maximum atomic E-state index is 13.9. The van der Waals surface area contributed by atoms with E-state index in [1.165, 1.54) is 30.3 Å². The summed E-state index contributed by atoms with van der Waals surface area (Å²) in [5.74, 6) is -1.14. The minimum Gasteiger partial charge on any atom is -0.497 e. The first-order chi connectivity index (χ1) is 17.9.